The first-order chi connectivity index (χ1) is 7.75. The SMILES string of the molecule is CCOC(=O)C1C(C(O)C(Cl)=C(F)F)C1(C)C. The first kappa shape index (κ1) is 14.4. The van der Waals surface area contributed by atoms with Crippen LogP contribution in [0.25, 0.3) is 0 Å². The lowest BCUT2D eigenvalue weighted by Crippen LogP contribution is -2.16. The fraction of sp³-hybridized carbons (Fsp3) is 0.727. The van der Waals surface area contributed by atoms with Crippen LogP contribution in [0.4, 0.5) is 8.78 Å². The van der Waals surface area contributed by atoms with Gasteiger partial charge in [0, 0.05) is 5.92 Å². The normalized spacial score (nSPS) is 27.2. The van der Waals surface area contributed by atoms with Gasteiger partial charge in [0.05, 0.1) is 18.6 Å². The molecule has 3 nitrogen and oxygen atoms in total. The van der Waals surface area contributed by atoms with E-state index in [0.717, 1.165) is 0 Å². The minimum atomic E-state index is -2.12. The van der Waals surface area contributed by atoms with Gasteiger partial charge in [0.2, 0.25) is 0 Å². The number of esters is 1. The van der Waals surface area contributed by atoms with E-state index in [1.54, 1.807) is 20.8 Å². The Morgan fingerprint density at radius 2 is 2.06 bits per heavy atom. The van der Waals surface area contributed by atoms with Gasteiger partial charge in [0.25, 0.3) is 6.08 Å². The van der Waals surface area contributed by atoms with Gasteiger partial charge in [-0.2, -0.15) is 8.78 Å². The molecule has 0 radical (unpaired) electrons. The van der Waals surface area contributed by atoms with E-state index in [9.17, 15) is 18.7 Å². The van der Waals surface area contributed by atoms with E-state index in [0.29, 0.717) is 0 Å². The van der Waals surface area contributed by atoms with Gasteiger partial charge in [-0.05, 0) is 12.3 Å². The molecule has 3 atom stereocenters. The standard InChI is InChI=1S/C11H15ClF2O3/c1-4-17-10(16)6-5(11(6,2)3)8(15)7(12)9(13)14/h5-6,8,15H,4H2,1-3H3. The van der Waals surface area contributed by atoms with Crippen molar-refractivity contribution in [2.75, 3.05) is 6.61 Å². The van der Waals surface area contributed by atoms with Gasteiger partial charge in [-0.1, -0.05) is 25.4 Å². The van der Waals surface area contributed by atoms with E-state index >= 15 is 0 Å². The number of aliphatic hydroxyl groups is 1. The summed E-state index contributed by atoms with van der Waals surface area (Å²) in [5.41, 5.74) is -0.582. The quantitative estimate of drug-likeness (QED) is 0.797. The number of hydrogen-bond donors (Lipinski definition) is 1. The van der Waals surface area contributed by atoms with E-state index < -0.39 is 40.4 Å². The van der Waals surface area contributed by atoms with Crippen molar-refractivity contribution < 1.29 is 23.4 Å². The number of rotatable bonds is 4. The molecule has 98 valence electrons. The second-order valence-corrected chi connectivity index (χ2v) is 5.04. The molecular formula is C11H15ClF2O3. The molecule has 0 aromatic heterocycles. The third kappa shape index (κ3) is 2.60. The van der Waals surface area contributed by atoms with Gasteiger partial charge in [0.15, 0.2) is 0 Å². The van der Waals surface area contributed by atoms with Crippen LogP contribution in [0, 0.1) is 17.3 Å². The summed E-state index contributed by atoms with van der Waals surface area (Å²) in [5.74, 6) is -1.70. The molecule has 1 aliphatic rings. The van der Waals surface area contributed by atoms with Crippen LogP contribution in [0.15, 0.2) is 11.1 Å². The lowest BCUT2D eigenvalue weighted by atomic mass is 10.1. The Labute approximate surface area is 103 Å². The minimum absolute atomic E-state index is 0.218. The zero-order valence-electron chi connectivity index (χ0n) is 9.84. The number of aliphatic hydroxyl groups excluding tert-OH is 1. The third-order valence-corrected chi connectivity index (χ3v) is 3.60. The molecule has 1 fully saturated rings. The Balaban J connectivity index is 2.81. The summed E-state index contributed by atoms with van der Waals surface area (Å²) in [6.45, 7) is 5.30. The van der Waals surface area contributed by atoms with Crippen molar-refractivity contribution in [3.05, 3.63) is 11.1 Å². The van der Waals surface area contributed by atoms with Crippen LogP contribution in [-0.4, -0.2) is 23.8 Å². The molecular weight excluding hydrogens is 254 g/mol. The molecule has 1 aliphatic carbocycles. The Kier molecular flexibility index (Phi) is 4.15. The predicted octanol–water partition coefficient (Wildman–Crippen LogP) is 2.53. The van der Waals surface area contributed by atoms with Crippen LogP contribution in [0.3, 0.4) is 0 Å². The zero-order chi connectivity index (χ0) is 13.4. The number of halogens is 3. The molecule has 0 saturated heterocycles. The Hall–Kier alpha value is -0.680. The zero-order valence-corrected chi connectivity index (χ0v) is 10.6. The summed E-state index contributed by atoms with van der Waals surface area (Å²) in [6, 6.07) is 0. The monoisotopic (exact) mass is 268 g/mol. The second-order valence-electron chi connectivity index (χ2n) is 4.63. The maximum Gasteiger partial charge on any atom is 0.309 e. The van der Waals surface area contributed by atoms with Crippen molar-refractivity contribution in [1.82, 2.24) is 0 Å². The van der Waals surface area contributed by atoms with E-state index in [-0.39, 0.29) is 6.61 Å². The molecule has 1 saturated carbocycles. The van der Waals surface area contributed by atoms with Gasteiger partial charge in [-0.3, -0.25) is 4.79 Å². The van der Waals surface area contributed by atoms with Crippen LogP contribution in [0.5, 0.6) is 0 Å². The fourth-order valence-corrected chi connectivity index (χ4v) is 2.35. The largest absolute Gasteiger partial charge is 0.466 e. The average molecular weight is 269 g/mol. The molecule has 1 N–H and O–H groups in total. The van der Waals surface area contributed by atoms with Crippen molar-refractivity contribution in [3.63, 3.8) is 0 Å². The summed E-state index contributed by atoms with van der Waals surface area (Å²) < 4.78 is 29.4. The third-order valence-electron chi connectivity index (χ3n) is 3.23. The number of carbonyl (C=O) groups is 1. The predicted molar refractivity (Wildman–Crippen MR) is 58.5 cm³/mol. The van der Waals surface area contributed by atoms with Crippen molar-refractivity contribution in [2.24, 2.45) is 17.3 Å². The Morgan fingerprint density at radius 1 is 1.53 bits per heavy atom. The highest BCUT2D eigenvalue weighted by Gasteiger charge is 2.66. The first-order valence-electron chi connectivity index (χ1n) is 5.30. The van der Waals surface area contributed by atoms with E-state index in [1.807, 2.05) is 0 Å². The molecule has 1 rings (SSSR count). The average Bonchev–Trinajstić information content (AvgIpc) is 2.79. The van der Waals surface area contributed by atoms with Crippen molar-refractivity contribution in [3.8, 4) is 0 Å². The highest BCUT2D eigenvalue weighted by atomic mass is 35.5. The molecule has 0 aromatic carbocycles. The van der Waals surface area contributed by atoms with Gasteiger partial charge >= 0.3 is 5.97 Å². The summed E-state index contributed by atoms with van der Waals surface area (Å²) in [5, 5.41) is 8.78. The van der Waals surface area contributed by atoms with E-state index in [2.05, 4.69) is 0 Å². The summed E-state index contributed by atoms with van der Waals surface area (Å²) in [6.07, 6.45) is -3.64. The molecule has 0 aromatic rings. The minimum Gasteiger partial charge on any atom is -0.466 e. The van der Waals surface area contributed by atoms with Crippen LogP contribution in [0.1, 0.15) is 20.8 Å². The van der Waals surface area contributed by atoms with E-state index in [1.165, 1.54) is 0 Å². The van der Waals surface area contributed by atoms with Gasteiger partial charge in [0.1, 0.15) is 5.03 Å². The topological polar surface area (TPSA) is 46.5 Å². The van der Waals surface area contributed by atoms with Crippen molar-refractivity contribution in [1.29, 1.82) is 0 Å². The summed E-state index contributed by atoms with van der Waals surface area (Å²) >= 11 is 5.30. The van der Waals surface area contributed by atoms with Crippen molar-refractivity contribution in [2.45, 2.75) is 26.9 Å². The van der Waals surface area contributed by atoms with Crippen LogP contribution < -0.4 is 0 Å². The second kappa shape index (κ2) is 4.90. The maximum absolute atomic E-state index is 12.3. The number of hydrogen-bond acceptors (Lipinski definition) is 3. The van der Waals surface area contributed by atoms with Crippen LogP contribution in [0.2, 0.25) is 0 Å². The number of ether oxygens (including phenoxy) is 1. The summed E-state index contributed by atoms with van der Waals surface area (Å²) in [4.78, 5) is 11.5. The lowest BCUT2D eigenvalue weighted by Gasteiger charge is -2.09. The highest BCUT2D eigenvalue weighted by Crippen LogP contribution is 2.61. The molecule has 6 heteroatoms. The smallest absolute Gasteiger partial charge is 0.309 e. The molecule has 0 aliphatic heterocycles. The van der Waals surface area contributed by atoms with Crippen molar-refractivity contribution >= 4 is 17.6 Å². The molecule has 3 unspecified atom stereocenters. The van der Waals surface area contributed by atoms with Crippen LogP contribution in [-0.2, 0) is 9.53 Å². The molecule has 0 bridgehead atoms. The molecule has 17 heavy (non-hydrogen) atoms. The number of carbonyl (C=O) groups excluding carboxylic acids is 1. The van der Waals surface area contributed by atoms with Crippen LogP contribution >= 0.6 is 11.6 Å². The summed E-state index contributed by atoms with van der Waals surface area (Å²) in [7, 11) is 0. The Morgan fingerprint density at radius 3 is 2.47 bits per heavy atom. The highest BCUT2D eigenvalue weighted by molar-refractivity contribution is 6.30. The van der Waals surface area contributed by atoms with Gasteiger partial charge in [-0.25, -0.2) is 0 Å². The Bertz CT molecular complexity index is 351. The first-order valence-corrected chi connectivity index (χ1v) is 5.68. The van der Waals surface area contributed by atoms with Gasteiger partial charge in [-0.15, -0.1) is 0 Å². The van der Waals surface area contributed by atoms with Gasteiger partial charge < -0.3 is 9.84 Å². The lowest BCUT2D eigenvalue weighted by molar-refractivity contribution is -0.146. The fourth-order valence-electron chi connectivity index (χ4n) is 2.22. The molecule has 0 heterocycles. The van der Waals surface area contributed by atoms with E-state index in [4.69, 9.17) is 16.3 Å². The molecule has 0 spiro atoms. The maximum atomic E-state index is 12.3. The molecule has 0 amide bonds.